The number of urea groups is 1. The molecule has 1 atom stereocenters. The van der Waals surface area contributed by atoms with Gasteiger partial charge in [0.15, 0.2) is 0 Å². The van der Waals surface area contributed by atoms with E-state index in [9.17, 15) is 9.90 Å². The van der Waals surface area contributed by atoms with E-state index < -0.39 is 0 Å². The number of rotatable bonds is 5. The highest BCUT2D eigenvalue weighted by Crippen LogP contribution is 2.16. The number of carbonyl (C=O) groups is 1. The second-order valence-corrected chi connectivity index (χ2v) is 6.41. The van der Waals surface area contributed by atoms with Gasteiger partial charge in [-0.25, -0.2) is 4.79 Å². The van der Waals surface area contributed by atoms with Gasteiger partial charge in [-0.3, -0.25) is 0 Å². The Bertz CT molecular complexity index is 467. The maximum absolute atomic E-state index is 12.2. The standard InChI is InChI=1S/C16H24N2O2S/c1-21-12-14-5-2-4-13(8-14)9-17-16(20)18-7-3-6-15(10-18)11-19/h2,4-5,8,15,19H,3,6-7,9-12H2,1H3,(H,17,20)/t15-/m1/s1. The summed E-state index contributed by atoms with van der Waals surface area (Å²) in [7, 11) is 0. The molecule has 1 saturated heterocycles. The molecule has 4 nitrogen and oxygen atoms in total. The largest absolute Gasteiger partial charge is 0.396 e. The van der Waals surface area contributed by atoms with Crippen molar-refractivity contribution >= 4 is 17.8 Å². The fraction of sp³-hybridized carbons (Fsp3) is 0.562. The minimum absolute atomic E-state index is 0.0246. The molecule has 1 fully saturated rings. The van der Waals surface area contributed by atoms with Gasteiger partial charge in [-0.05, 0) is 36.1 Å². The summed E-state index contributed by atoms with van der Waals surface area (Å²) in [6.45, 7) is 2.17. The van der Waals surface area contributed by atoms with Crippen LogP contribution in [-0.4, -0.2) is 42.0 Å². The molecule has 0 aromatic heterocycles. The zero-order valence-corrected chi connectivity index (χ0v) is 13.4. The van der Waals surface area contributed by atoms with Gasteiger partial charge in [-0.15, -0.1) is 0 Å². The first-order valence-electron chi connectivity index (χ1n) is 7.43. The number of nitrogens with zero attached hydrogens (tertiary/aromatic N) is 1. The second-order valence-electron chi connectivity index (χ2n) is 5.55. The first kappa shape index (κ1) is 16.2. The summed E-state index contributed by atoms with van der Waals surface area (Å²) in [5, 5.41) is 12.2. The minimum atomic E-state index is -0.0246. The summed E-state index contributed by atoms with van der Waals surface area (Å²) in [6.07, 6.45) is 4.07. The Kier molecular flexibility index (Phi) is 6.39. The predicted octanol–water partition coefficient (Wildman–Crippen LogP) is 2.46. The molecule has 1 aromatic rings. The summed E-state index contributed by atoms with van der Waals surface area (Å²) in [4.78, 5) is 14.0. The Labute approximate surface area is 130 Å². The summed E-state index contributed by atoms with van der Waals surface area (Å²) in [6, 6.07) is 8.30. The molecule has 0 spiro atoms. The van der Waals surface area contributed by atoms with Crippen LogP contribution in [0.1, 0.15) is 24.0 Å². The monoisotopic (exact) mass is 308 g/mol. The first-order chi connectivity index (χ1) is 10.2. The lowest BCUT2D eigenvalue weighted by molar-refractivity contribution is 0.129. The van der Waals surface area contributed by atoms with Crippen molar-refractivity contribution in [1.29, 1.82) is 0 Å². The number of hydrogen-bond donors (Lipinski definition) is 2. The molecule has 1 aliphatic rings. The van der Waals surface area contributed by atoms with Gasteiger partial charge < -0.3 is 15.3 Å². The maximum atomic E-state index is 12.2. The number of nitrogens with one attached hydrogen (secondary N) is 1. The molecule has 0 radical (unpaired) electrons. The molecule has 21 heavy (non-hydrogen) atoms. The topological polar surface area (TPSA) is 52.6 Å². The highest BCUT2D eigenvalue weighted by atomic mass is 32.2. The summed E-state index contributed by atoms with van der Waals surface area (Å²) in [5.74, 6) is 1.22. The van der Waals surface area contributed by atoms with E-state index in [4.69, 9.17) is 0 Å². The quantitative estimate of drug-likeness (QED) is 0.878. The number of hydrogen-bond acceptors (Lipinski definition) is 3. The third-order valence-electron chi connectivity index (χ3n) is 3.81. The first-order valence-corrected chi connectivity index (χ1v) is 8.82. The van der Waals surface area contributed by atoms with Crippen molar-refractivity contribution in [3.63, 3.8) is 0 Å². The van der Waals surface area contributed by atoms with Crippen LogP contribution in [0.4, 0.5) is 4.79 Å². The molecule has 1 aliphatic heterocycles. The van der Waals surface area contributed by atoms with Crippen LogP contribution in [0, 0.1) is 5.92 Å². The Morgan fingerprint density at radius 2 is 2.29 bits per heavy atom. The average molecular weight is 308 g/mol. The maximum Gasteiger partial charge on any atom is 0.317 e. The Balaban J connectivity index is 1.84. The molecule has 1 aromatic carbocycles. The fourth-order valence-corrected chi connectivity index (χ4v) is 3.20. The Morgan fingerprint density at radius 1 is 1.48 bits per heavy atom. The van der Waals surface area contributed by atoms with Crippen molar-refractivity contribution in [3.8, 4) is 0 Å². The van der Waals surface area contributed by atoms with Gasteiger partial charge in [0, 0.05) is 32.0 Å². The molecule has 0 bridgehead atoms. The van der Waals surface area contributed by atoms with Crippen molar-refractivity contribution in [2.45, 2.75) is 25.1 Å². The molecule has 1 heterocycles. The summed E-state index contributed by atoms with van der Waals surface area (Å²) < 4.78 is 0. The van der Waals surface area contributed by atoms with Crippen LogP contribution in [0.25, 0.3) is 0 Å². The van der Waals surface area contributed by atoms with Gasteiger partial charge in [-0.1, -0.05) is 24.3 Å². The lowest BCUT2D eigenvalue weighted by atomic mass is 9.99. The van der Waals surface area contributed by atoms with E-state index in [1.165, 1.54) is 5.56 Å². The van der Waals surface area contributed by atoms with Crippen LogP contribution >= 0.6 is 11.8 Å². The van der Waals surface area contributed by atoms with E-state index in [2.05, 4.69) is 23.7 Å². The highest BCUT2D eigenvalue weighted by Gasteiger charge is 2.22. The van der Waals surface area contributed by atoms with Crippen molar-refractivity contribution in [3.05, 3.63) is 35.4 Å². The number of likely N-dealkylation sites (tertiary alicyclic amines) is 1. The van der Waals surface area contributed by atoms with E-state index in [1.54, 1.807) is 11.8 Å². The molecule has 0 unspecified atom stereocenters. The molecule has 2 amide bonds. The normalized spacial score (nSPS) is 18.6. The number of piperidine rings is 1. The Morgan fingerprint density at radius 3 is 3.05 bits per heavy atom. The van der Waals surface area contributed by atoms with Crippen LogP contribution in [0.2, 0.25) is 0 Å². The van der Waals surface area contributed by atoms with E-state index in [0.29, 0.717) is 13.1 Å². The minimum Gasteiger partial charge on any atom is -0.396 e. The molecule has 0 aliphatic carbocycles. The lowest BCUT2D eigenvalue weighted by Gasteiger charge is -2.31. The van der Waals surface area contributed by atoms with Crippen molar-refractivity contribution in [1.82, 2.24) is 10.2 Å². The van der Waals surface area contributed by atoms with E-state index >= 15 is 0 Å². The average Bonchev–Trinajstić information content (AvgIpc) is 2.53. The van der Waals surface area contributed by atoms with Crippen LogP contribution in [0.15, 0.2) is 24.3 Å². The molecular formula is C16H24N2O2S. The smallest absolute Gasteiger partial charge is 0.317 e. The van der Waals surface area contributed by atoms with Gasteiger partial charge in [-0.2, -0.15) is 11.8 Å². The van der Waals surface area contributed by atoms with Gasteiger partial charge in [0.2, 0.25) is 0 Å². The third-order valence-corrected chi connectivity index (χ3v) is 4.43. The van der Waals surface area contributed by atoms with Crippen molar-refractivity contribution < 1.29 is 9.90 Å². The fourth-order valence-electron chi connectivity index (χ4n) is 2.68. The van der Waals surface area contributed by atoms with Crippen LogP contribution < -0.4 is 5.32 Å². The number of thioether (sulfide) groups is 1. The lowest BCUT2D eigenvalue weighted by Crippen LogP contribution is -2.45. The van der Waals surface area contributed by atoms with E-state index in [1.807, 2.05) is 17.0 Å². The molecule has 2 rings (SSSR count). The molecule has 116 valence electrons. The zero-order valence-electron chi connectivity index (χ0n) is 12.5. The number of amides is 2. The van der Waals surface area contributed by atoms with Crippen molar-refractivity contribution in [2.24, 2.45) is 5.92 Å². The summed E-state index contributed by atoms with van der Waals surface area (Å²) >= 11 is 1.79. The van der Waals surface area contributed by atoms with Crippen molar-refractivity contribution in [2.75, 3.05) is 26.0 Å². The van der Waals surface area contributed by atoms with Crippen LogP contribution in [0.3, 0.4) is 0 Å². The van der Waals surface area contributed by atoms with E-state index in [-0.39, 0.29) is 18.6 Å². The molecule has 0 saturated carbocycles. The second kappa shape index (κ2) is 8.29. The van der Waals surface area contributed by atoms with Gasteiger partial charge in [0.05, 0.1) is 0 Å². The van der Waals surface area contributed by atoms with Gasteiger partial charge in [0.25, 0.3) is 0 Å². The number of carbonyl (C=O) groups excluding carboxylic acids is 1. The third kappa shape index (κ3) is 4.93. The molecule has 5 heteroatoms. The molecular weight excluding hydrogens is 284 g/mol. The van der Waals surface area contributed by atoms with Gasteiger partial charge in [0.1, 0.15) is 0 Å². The number of aliphatic hydroxyl groups is 1. The SMILES string of the molecule is CSCc1cccc(CNC(=O)N2CCC[C@@H](CO)C2)c1. The van der Waals surface area contributed by atoms with E-state index in [0.717, 1.165) is 30.7 Å². The molecule has 2 N–H and O–H groups in total. The number of benzene rings is 1. The highest BCUT2D eigenvalue weighted by molar-refractivity contribution is 7.97. The summed E-state index contributed by atoms with van der Waals surface area (Å²) in [5.41, 5.74) is 2.41. The van der Waals surface area contributed by atoms with Crippen LogP contribution in [-0.2, 0) is 12.3 Å². The van der Waals surface area contributed by atoms with Crippen LogP contribution in [0.5, 0.6) is 0 Å². The predicted molar refractivity (Wildman–Crippen MR) is 87.3 cm³/mol. The Hall–Kier alpha value is -1.20. The zero-order chi connectivity index (χ0) is 15.1. The van der Waals surface area contributed by atoms with Gasteiger partial charge >= 0.3 is 6.03 Å². The number of aliphatic hydroxyl groups excluding tert-OH is 1.